The van der Waals surface area contributed by atoms with E-state index in [1.54, 1.807) is 0 Å². The Bertz CT molecular complexity index is 671. The van der Waals surface area contributed by atoms with Crippen molar-refractivity contribution in [2.45, 2.75) is 38.8 Å². The number of nitrogens with zero attached hydrogens (tertiary/aromatic N) is 2. The van der Waals surface area contributed by atoms with Gasteiger partial charge in [-0.1, -0.05) is 6.07 Å². The third-order valence-corrected chi connectivity index (χ3v) is 5.18. The molecule has 1 aromatic carbocycles. The minimum atomic E-state index is -0.674. The monoisotopic (exact) mass is 307 g/mol. The summed E-state index contributed by atoms with van der Waals surface area (Å²) in [7, 11) is -0.674. The largest absolute Gasteiger partial charge is 0.489 e. The van der Waals surface area contributed by atoms with Crippen LogP contribution in [0, 0.1) is 0 Å². The Labute approximate surface area is 126 Å². The van der Waals surface area contributed by atoms with Crippen molar-refractivity contribution in [2.24, 2.45) is 0 Å². The van der Waals surface area contributed by atoms with E-state index in [-0.39, 0.29) is 12.1 Å². The Morgan fingerprint density at radius 2 is 2.10 bits per heavy atom. The lowest BCUT2D eigenvalue weighted by Crippen LogP contribution is -2.22. The predicted octanol–water partition coefficient (Wildman–Crippen LogP) is 2.49. The lowest BCUT2D eigenvalue weighted by molar-refractivity contribution is 0.245. The summed E-state index contributed by atoms with van der Waals surface area (Å²) in [5, 5.41) is 0. The fourth-order valence-corrected chi connectivity index (χ4v) is 4.16. The number of fused-ring (bicyclic) bond motifs is 1. The molecule has 0 radical (unpaired) electrons. The molecular weight excluding hydrogens is 286 g/mol. The quantitative estimate of drug-likeness (QED) is 0.946. The summed E-state index contributed by atoms with van der Waals surface area (Å²) < 4.78 is 19.4. The standard InChI is InChI=1S/C15H21N3O2S/c1-10(2)20-13-5-3-4-12-14(13)17-15(16)18(12)11-6-8-21(19)9-7-11/h3-5,10-11H,6-9H2,1-2H3,(H2,16,17). The second-order valence-corrected chi connectivity index (χ2v) is 7.41. The molecular formula is C15H21N3O2S. The normalized spacial score (nSPS) is 22.8. The predicted molar refractivity (Wildman–Crippen MR) is 86.1 cm³/mol. The molecule has 21 heavy (non-hydrogen) atoms. The van der Waals surface area contributed by atoms with Crippen molar-refractivity contribution in [1.82, 2.24) is 9.55 Å². The van der Waals surface area contributed by atoms with Crippen LogP contribution in [0.1, 0.15) is 32.7 Å². The number of nitrogen functional groups attached to an aromatic ring is 1. The zero-order chi connectivity index (χ0) is 15.0. The van der Waals surface area contributed by atoms with Gasteiger partial charge in [-0.25, -0.2) is 4.98 Å². The molecule has 1 aromatic heterocycles. The molecule has 1 aliphatic rings. The average molecular weight is 307 g/mol. The van der Waals surface area contributed by atoms with Gasteiger partial charge in [0, 0.05) is 28.3 Å². The molecule has 1 fully saturated rings. The maximum absolute atomic E-state index is 11.5. The van der Waals surface area contributed by atoms with Gasteiger partial charge in [-0.15, -0.1) is 0 Å². The summed E-state index contributed by atoms with van der Waals surface area (Å²) in [5.41, 5.74) is 7.96. The van der Waals surface area contributed by atoms with Crippen molar-refractivity contribution < 1.29 is 8.95 Å². The highest BCUT2D eigenvalue weighted by Gasteiger charge is 2.24. The zero-order valence-electron chi connectivity index (χ0n) is 12.4. The minimum Gasteiger partial charge on any atom is -0.489 e. The number of benzene rings is 1. The molecule has 3 rings (SSSR count). The highest BCUT2D eigenvalue weighted by molar-refractivity contribution is 7.85. The van der Waals surface area contributed by atoms with Gasteiger partial charge < -0.3 is 15.0 Å². The van der Waals surface area contributed by atoms with Gasteiger partial charge in [-0.05, 0) is 38.8 Å². The summed E-state index contributed by atoms with van der Waals surface area (Å²) in [6.45, 7) is 3.99. The third-order valence-electron chi connectivity index (χ3n) is 3.80. The summed E-state index contributed by atoms with van der Waals surface area (Å²) in [5.74, 6) is 2.77. The van der Waals surface area contributed by atoms with Crippen LogP contribution in [-0.2, 0) is 10.8 Å². The number of aromatic nitrogens is 2. The Hall–Kier alpha value is -1.56. The van der Waals surface area contributed by atoms with E-state index in [1.807, 2.05) is 32.0 Å². The van der Waals surface area contributed by atoms with Crippen LogP contribution in [0.4, 0.5) is 5.95 Å². The number of ether oxygens (including phenoxy) is 1. The van der Waals surface area contributed by atoms with E-state index in [4.69, 9.17) is 10.5 Å². The molecule has 0 amide bonds. The van der Waals surface area contributed by atoms with Crippen molar-refractivity contribution in [3.05, 3.63) is 18.2 Å². The van der Waals surface area contributed by atoms with E-state index in [2.05, 4.69) is 9.55 Å². The Morgan fingerprint density at radius 1 is 1.38 bits per heavy atom. The number of rotatable bonds is 3. The molecule has 0 saturated carbocycles. The van der Waals surface area contributed by atoms with Gasteiger partial charge in [0.05, 0.1) is 11.6 Å². The Kier molecular flexibility index (Phi) is 3.89. The molecule has 2 N–H and O–H groups in total. The molecule has 2 heterocycles. The number of para-hydroxylation sites is 1. The molecule has 6 heteroatoms. The first kappa shape index (κ1) is 14.4. The van der Waals surface area contributed by atoms with Crippen LogP contribution in [0.5, 0.6) is 5.75 Å². The van der Waals surface area contributed by atoms with Crippen molar-refractivity contribution >= 4 is 27.8 Å². The fourth-order valence-electron chi connectivity index (χ4n) is 2.88. The summed E-state index contributed by atoms with van der Waals surface area (Å²) >= 11 is 0. The van der Waals surface area contributed by atoms with Gasteiger partial charge in [0.1, 0.15) is 11.3 Å². The number of hydrogen-bond donors (Lipinski definition) is 1. The highest BCUT2D eigenvalue weighted by Crippen LogP contribution is 2.33. The lowest BCUT2D eigenvalue weighted by Gasteiger charge is -2.24. The Morgan fingerprint density at radius 3 is 2.76 bits per heavy atom. The molecule has 0 atom stereocenters. The summed E-state index contributed by atoms with van der Waals surface area (Å²) in [6.07, 6.45) is 1.87. The SMILES string of the molecule is CC(C)Oc1cccc2c1nc(N)n2C1CCS(=O)CC1. The zero-order valence-corrected chi connectivity index (χ0v) is 13.2. The van der Waals surface area contributed by atoms with Crippen LogP contribution in [0.2, 0.25) is 0 Å². The summed E-state index contributed by atoms with van der Waals surface area (Å²) in [4.78, 5) is 4.50. The van der Waals surface area contributed by atoms with Crippen LogP contribution in [-0.4, -0.2) is 31.4 Å². The van der Waals surface area contributed by atoms with Gasteiger partial charge in [-0.2, -0.15) is 0 Å². The van der Waals surface area contributed by atoms with Gasteiger partial charge in [0.25, 0.3) is 0 Å². The second-order valence-electron chi connectivity index (χ2n) is 5.71. The van der Waals surface area contributed by atoms with E-state index in [0.717, 1.165) is 41.1 Å². The summed E-state index contributed by atoms with van der Waals surface area (Å²) in [6, 6.07) is 6.20. The van der Waals surface area contributed by atoms with Crippen LogP contribution >= 0.6 is 0 Å². The fraction of sp³-hybridized carbons (Fsp3) is 0.533. The minimum absolute atomic E-state index is 0.0964. The van der Waals surface area contributed by atoms with Crippen LogP contribution in [0.3, 0.4) is 0 Å². The van der Waals surface area contributed by atoms with Crippen molar-refractivity contribution in [3.63, 3.8) is 0 Å². The molecule has 2 aromatic rings. The first-order chi connectivity index (χ1) is 10.1. The van der Waals surface area contributed by atoms with E-state index >= 15 is 0 Å². The average Bonchev–Trinajstić information content (AvgIpc) is 2.77. The van der Waals surface area contributed by atoms with E-state index < -0.39 is 10.8 Å². The highest BCUT2D eigenvalue weighted by atomic mass is 32.2. The lowest BCUT2D eigenvalue weighted by atomic mass is 10.1. The van der Waals surface area contributed by atoms with E-state index in [9.17, 15) is 4.21 Å². The van der Waals surface area contributed by atoms with Gasteiger partial charge in [0.15, 0.2) is 0 Å². The van der Waals surface area contributed by atoms with Crippen LogP contribution in [0.15, 0.2) is 18.2 Å². The number of anilines is 1. The van der Waals surface area contributed by atoms with Crippen molar-refractivity contribution in [3.8, 4) is 5.75 Å². The van der Waals surface area contributed by atoms with Gasteiger partial charge in [0.2, 0.25) is 5.95 Å². The molecule has 0 unspecified atom stereocenters. The molecule has 114 valence electrons. The molecule has 0 bridgehead atoms. The maximum Gasteiger partial charge on any atom is 0.201 e. The molecule has 0 aliphatic carbocycles. The maximum atomic E-state index is 11.5. The number of nitrogens with two attached hydrogens (primary N) is 1. The topological polar surface area (TPSA) is 70.1 Å². The third kappa shape index (κ3) is 2.77. The van der Waals surface area contributed by atoms with Crippen molar-refractivity contribution in [1.29, 1.82) is 0 Å². The first-order valence-electron chi connectivity index (χ1n) is 7.34. The van der Waals surface area contributed by atoms with E-state index in [1.165, 1.54) is 0 Å². The number of hydrogen-bond acceptors (Lipinski definition) is 4. The van der Waals surface area contributed by atoms with Gasteiger partial charge in [-0.3, -0.25) is 4.21 Å². The molecule has 0 spiro atoms. The molecule has 1 aliphatic heterocycles. The van der Waals surface area contributed by atoms with E-state index in [0.29, 0.717) is 5.95 Å². The first-order valence-corrected chi connectivity index (χ1v) is 8.83. The molecule has 5 nitrogen and oxygen atoms in total. The van der Waals surface area contributed by atoms with Crippen LogP contribution in [0.25, 0.3) is 11.0 Å². The smallest absolute Gasteiger partial charge is 0.201 e. The van der Waals surface area contributed by atoms with Crippen molar-refractivity contribution in [2.75, 3.05) is 17.2 Å². The van der Waals surface area contributed by atoms with Crippen LogP contribution < -0.4 is 10.5 Å². The number of imidazole rings is 1. The molecule has 1 saturated heterocycles. The van der Waals surface area contributed by atoms with Gasteiger partial charge >= 0.3 is 0 Å². The Balaban J connectivity index is 2.03. The second kappa shape index (κ2) is 5.67.